The molecule has 5 nitrogen and oxygen atoms in total. The van der Waals surface area contributed by atoms with Gasteiger partial charge in [-0.15, -0.1) is 0 Å². The van der Waals surface area contributed by atoms with E-state index in [9.17, 15) is 14.0 Å². The van der Waals surface area contributed by atoms with Gasteiger partial charge in [-0.3, -0.25) is 14.5 Å². The smallest absolute Gasteiger partial charge is 0.231 e. The summed E-state index contributed by atoms with van der Waals surface area (Å²) < 4.78 is 14.3. The molecular formula is C22H32FN3O2. The van der Waals surface area contributed by atoms with Crippen molar-refractivity contribution in [2.24, 2.45) is 11.3 Å². The van der Waals surface area contributed by atoms with Crippen molar-refractivity contribution in [3.05, 3.63) is 35.6 Å². The lowest BCUT2D eigenvalue weighted by Crippen LogP contribution is -2.66. The number of amides is 2. The number of hydrogen-bond acceptors (Lipinski definition) is 3. The molecule has 2 amide bonds. The quantitative estimate of drug-likeness (QED) is 0.813. The van der Waals surface area contributed by atoms with Gasteiger partial charge in [0.25, 0.3) is 0 Å². The van der Waals surface area contributed by atoms with Crippen molar-refractivity contribution in [1.29, 1.82) is 0 Å². The fourth-order valence-corrected chi connectivity index (χ4v) is 4.63. The first kappa shape index (κ1) is 20.8. The lowest BCUT2D eigenvalue weighted by Gasteiger charge is -2.53. The third kappa shape index (κ3) is 4.54. The Bertz CT molecular complexity index is 715. The Kier molecular flexibility index (Phi) is 6.38. The van der Waals surface area contributed by atoms with Gasteiger partial charge in [0.05, 0.1) is 5.41 Å². The number of rotatable bonds is 6. The second kappa shape index (κ2) is 8.60. The summed E-state index contributed by atoms with van der Waals surface area (Å²) in [7, 11) is 1.85. The van der Waals surface area contributed by atoms with Crippen LogP contribution in [0.5, 0.6) is 0 Å². The van der Waals surface area contributed by atoms with Crippen molar-refractivity contribution < 1.29 is 14.0 Å². The summed E-state index contributed by atoms with van der Waals surface area (Å²) in [5, 5.41) is 2.92. The number of nitrogens with zero attached hydrogens (tertiary/aromatic N) is 2. The van der Waals surface area contributed by atoms with Crippen molar-refractivity contribution in [2.45, 2.75) is 45.6 Å². The molecule has 2 saturated heterocycles. The Morgan fingerprint density at radius 2 is 2.04 bits per heavy atom. The lowest BCUT2D eigenvalue weighted by molar-refractivity contribution is -0.155. The van der Waals surface area contributed by atoms with Crippen LogP contribution in [-0.4, -0.2) is 60.9 Å². The molecule has 2 aliphatic heterocycles. The van der Waals surface area contributed by atoms with E-state index in [2.05, 4.69) is 24.1 Å². The maximum Gasteiger partial charge on any atom is 0.231 e. The zero-order valence-electron chi connectivity index (χ0n) is 17.2. The van der Waals surface area contributed by atoms with Gasteiger partial charge < -0.3 is 10.2 Å². The van der Waals surface area contributed by atoms with E-state index in [4.69, 9.17) is 0 Å². The van der Waals surface area contributed by atoms with Crippen LogP contribution in [0.2, 0.25) is 0 Å². The van der Waals surface area contributed by atoms with Gasteiger partial charge in [-0.1, -0.05) is 32.0 Å². The molecule has 3 rings (SSSR count). The maximum absolute atomic E-state index is 14.3. The molecule has 154 valence electrons. The Labute approximate surface area is 167 Å². The van der Waals surface area contributed by atoms with Crippen LogP contribution in [0.25, 0.3) is 0 Å². The minimum atomic E-state index is -0.588. The SMILES string of the molecule is CC(C)CN(C)C(=O)C1(Cc2ccccc2F)CN(C2CCNC(=O)CC2)C1. The van der Waals surface area contributed by atoms with E-state index in [1.807, 2.05) is 13.1 Å². The van der Waals surface area contributed by atoms with Crippen LogP contribution in [0, 0.1) is 17.2 Å². The molecule has 1 aromatic rings. The highest BCUT2D eigenvalue weighted by atomic mass is 19.1. The summed E-state index contributed by atoms with van der Waals surface area (Å²) in [6.45, 7) is 6.82. The molecule has 2 heterocycles. The van der Waals surface area contributed by atoms with E-state index in [0.717, 1.165) is 12.8 Å². The van der Waals surface area contributed by atoms with Crippen LogP contribution in [0.1, 0.15) is 38.7 Å². The molecule has 0 radical (unpaired) electrons. The van der Waals surface area contributed by atoms with E-state index in [-0.39, 0.29) is 17.6 Å². The van der Waals surface area contributed by atoms with Crippen LogP contribution in [0.15, 0.2) is 24.3 Å². The number of carbonyl (C=O) groups is 2. The highest BCUT2D eigenvalue weighted by Crippen LogP contribution is 2.39. The number of nitrogens with one attached hydrogen (secondary N) is 1. The van der Waals surface area contributed by atoms with Crippen LogP contribution >= 0.6 is 0 Å². The molecule has 1 aromatic carbocycles. The standard InChI is InChI=1S/C22H32FN3O2/c1-16(2)13-25(3)21(28)22(12-17-6-4-5-7-19(17)23)14-26(15-22)18-8-9-20(27)24-11-10-18/h4-7,16,18H,8-15H2,1-3H3,(H,24,27). The molecule has 28 heavy (non-hydrogen) atoms. The predicted molar refractivity (Wildman–Crippen MR) is 107 cm³/mol. The van der Waals surface area contributed by atoms with E-state index in [1.165, 1.54) is 6.07 Å². The molecule has 0 aliphatic carbocycles. The first-order valence-corrected chi connectivity index (χ1v) is 10.3. The molecular weight excluding hydrogens is 357 g/mol. The molecule has 0 saturated carbocycles. The highest BCUT2D eigenvalue weighted by Gasteiger charge is 2.52. The zero-order valence-corrected chi connectivity index (χ0v) is 17.2. The normalized spacial score (nSPS) is 22.3. The molecule has 0 bridgehead atoms. The fourth-order valence-electron chi connectivity index (χ4n) is 4.63. The van der Waals surface area contributed by atoms with Gasteiger partial charge in [0.2, 0.25) is 11.8 Å². The maximum atomic E-state index is 14.3. The first-order chi connectivity index (χ1) is 13.3. The van der Waals surface area contributed by atoms with Crippen molar-refractivity contribution >= 4 is 11.8 Å². The van der Waals surface area contributed by atoms with Gasteiger partial charge in [0.15, 0.2) is 0 Å². The van der Waals surface area contributed by atoms with Gasteiger partial charge in [0, 0.05) is 45.7 Å². The molecule has 6 heteroatoms. The predicted octanol–water partition coefficient (Wildman–Crippen LogP) is 2.45. The molecule has 0 aromatic heterocycles. The van der Waals surface area contributed by atoms with Crippen molar-refractivity contribution in [3.63, 3.8) is 0 Å². The van der Waals surface area contributed by atoms with Crippen molar-refractivity contribution in [2.75, 3.05) is 33.2 Å². The van der Waals surface area contributed by atoms with Gasteiger partial charge in [-0.05, 0) is 36.8 Å². The molecule has 1 unspecified atom stereocenters. The van der Waals surface area contributed by atoms with Gasteiger partial charge >= 0.3 is 0 Å². The fraction of sp³-hybridized carbons (Fsp3) is 0.636. The summed E-state index contributed by atoms with van der Waals surface area (Å²) in [4.78, 5) is 29.1. The third-order valence-electron chi connectivity index (χ3n) is 5.96. The third-order valence-corrected chi connectivity index (χ3v) is 5.96. The Balaban J connectivity index is 1.76. The second-order valence-electron chi connectivity index (χ2n) is 8.86. The molecule has 2 aliphatic rings. The first-order valence-electron chi connectivity index (χ1n) is 10.3. The summed E-state index contributed by atoms with van der Waals surface area (Å²) in [6.07, 6.45) is 2.67. The van der Waals surface area contributed by atoms with Crippen LogP contribution in [0.4, 0.5) is 4.39 Å². The van der Waals surface area contributed by atoms with Crippen molar-refractivity contribution in [1.82, 2.24) is 15.1 Å². The number of hydrogen-bond donors (Lipinski definition) is 1. The van der Waals surface area contributed by atoms with E-state index in [1.54, 1.807) is 17.0 Å². The number of likely N-dealkylation sites (tertiary alicyclic amines) is 1. The Hall–Kier alpha value is -1.95. The monoisotopic (exact) mass is 389 g/mol. The Morgan fingerprint density at radius 3 is 2.71 bits per heavy atom. The average Bonchev–Trinajstić information content (AvgIpc) is 2.82. The number of halogens is 1. The van der Waals surface area contributed by atoms with Crippen LogP contribution in [-0.2, 0) is 16.0 Å². The summed E-state index contributed by atoms with van der Waals surface area (Å²) in [5.74, 6) is 0.343. The van der Waals surface area contributed by atoms with Gasteiger partial charge in [-0.2, -0.15) is 0 Å². The number of carbonyl (C=O) groups excluding carboxylic acids is 2. The largest absolute Gasteiger partial charge is 0.356 e. The minimum absolute atomic E-state index is 0.100. The molecule has 2 fully saturated rings. The van der Waals surface area contributed by atoms with E-state index < -0.39 is 5.41 Å². The lowest BCUT2D eigenvalue weighted by atomic mass is 9.72. The molecule has 1 N–H and O–H groups in total. The summed E-state index contributed by atoms with van der Waals surface area (Å²) >= 11 is 0. The number of benzene rings is 1. The topological polar surface area (TPSA) is 52.7 Å². The minimum Gasteiger partial charge on any atom is -0.356 e. The van der Waals surface area contributed by atoms with E-state index >= 15 is 0 Å². The van der Waals surface area contributed by atoms with E-state index in [0.29, 0.717) is 56.5 Å². The van der Waals surface area contributed by atoms with Crippen LogP contribution < -0.4 is 5.32 Å². The van der Waals surface area contributed by atoms with Crippen molar-refractivity contribution in [3.8, 4) is 0 Å². The average molecular weight is 390 g/mol. The summed E-state index contributed by atoms with van der Waals surface area (Å²) in [5.41, 5.74) is 0.0152. The second-order valence-corrected chi connectivity index (χ2v) is 8.86. The van der Waals surface area contributed by atoms with Crippen LogP contribution in [0.3, 0.4) is 0 Å². The zero-order chi connectivity index (χ0) is 20.3. The molecule has 1 atom stereocenters. The van der Waals surface area contributed by atoms with Gasteiger partial charge in [0.1, 0.15) is 5.82 Å². The molecule has 0 spiro atoms. The summed E-state index contributed by atoms with van der Waals surface area (Å²) in [6, 6.07) is 7.05. The highest BCUT2D eigenvalue weighted by molar-refractivity contribution is 5.84. The Morgan fingerprint density at radius 1 is 1.32 bits per heavy atom. The van der Waals surface area contributed by atoms with Gasteiger partial charge in [-0.25, -0.2) is 4.39 Å².